The highest BCUT2D eigenvalue weighted by Crippen LogP contribution is 2.28. The van der Waals surface area contributed by atoms with Crippen molar-refractivity contribution in [2.24, 2.45) is 45.0 Å². The van der Waals surface area contributed by atoms with Crippen molar-refractivity contribution in [2.45, 2.75) is 52.9 Å². The molecule has 40 heavy (non-hydrogen) atoms. The van der Waals surface area contributed by atoms with E-state index in [0.29, 0.717) is 36.3 Å². The third-order valence-electron chi connectivity index (χ3n) is 6.19. The van der Waals surface area contributed by atoms with E-state index in [1.165, 1.54) is 0 Å². The van der Waals surface area contributed by atoms with Crippen molar-refractivity contribution < 1.29 is 17.0 Å². The van der Waals surface area contributed by atoms with Gasteiger partial charge in [0.05, 0.1) is 12.7 Å². The number of hydrogen-bond acceptors (Lipinski definition) is 6. The van der Waals surface area contributed by atoms with E-state index < -0.39 is 0 Å². The molecule has 1 heterocycles. The standard InChI is InChI=1S/C26H41N13.ClH/c1-16-12-22(37-26(33)38(16)4)39(11-9-7-5-6-8-10-34-23(27)28)21-14-19(17(2)35-24(29)30)13-20(15-21)18(3)36-25(31)32;/h12-15,33H,5-11H2,1-4H3,(H10,27,28,29,30,31,32,34);1H/b35-17+,36-18+;. The minimum Gasteiger partial charge on any atom is -1.00 e. The summed E-state index contributed by atoms with van der Waals surface area (Å²) in [4.78, 5) is 19.1. The Morgan fingerprint density at radius 3 is 1.90 bits per heavy atom. The van der Waals surface area contributed by atoms with Crippen LogP contribution in [0.4, 0.5) is 17.5 Å². The molecule has 13 nitrogen and oxygen atoms in total. The van der Waals surface area contributed by atoms with Crippen molar-refractivity contribution in [3.63, 3.8) is 0 Å². The summed E-state index contributed by atoms with van der Waals surface area (Å²) in [5.41, 5.74) is 32.6. The fourth-order valence-corrected chi connectivity index (χ4v) is 4.00. The summed E-state index contributed by atoms with van der Waals surface area (Å²) in [5.74, 6) is 0.658. The number of benzene rings is 1. The molecule has 0 spiro atoms. The number of anilines is 3. The Balaban J connectivity index is 0.00000800. The number of nitrogens with two attached hydrogens (primary N) is 5. The number of guanidine groups is 3. The Morgan fingerprint density at radius 1 is 0.875 bits per heavy atom. The summed E-state index contributed by atoms with van der Waals surface area (Å²) < 4.78 is 1.83. The molecule has 218 valence electrons. The predicted molar refractivity (Wildman–Crippen MR) is 160 cm³/mol. The van der Waals surface area contributed by atoms with Gasteiger partial charge in [-0.05, 0) is 62.9 Å². The van der Waals surface area contributed by atoms with Gasteiger partial charge < -0.3 is 40.2 Å². The maximum atomic E-state index is 7.60. The average Bonchev–Trinajstić information content (AvgIpc) is 2.84. The highest BCUT2D eigenvalue weighted by molar-refractivity contribution is 6.10. The highest BCUT2D eigenvalue weighted by Gasteiger charge is 2.20. The Labute approximate surface area is 242 Å². The van der Waals surface area contributed by atoms with Gasteiger partial charge in [0.15, 0.2) is 5.96 Å². The average molecular weight is 572 g/mol. The van der Waals surface area contributed by atoms with Gasteiger partial charge in [-0.15, -0.1) is 0 Å². The van der Waals surface area contributed by atoms with E-state index in [4.69, 9.17) is 39.5 Å². The van der Waals surface area contributed by atoms with E-state index in [1.807, 2.05) is 42.8 Å². The summed E-state index contributed by atoms with van der Waals surface area (Å²) in [5, 5.41) is 15.2. The van der Waals surface area contributed by atoms with E-state index >= 15 is 0 Å². The summed E-state index contributed by atoms with van der Waals surface area (Å²) in [7, 11) is 1.87. The summed E-state index contributed by atoms with van der Waals surface area (Å²) in [6.45, 7) is 6.87. The van der Waals surface area contributed by atoms with Crippen molar-refractivity contribution in [1.82, 2.24) is 4.98 Å². The normalized spacial score (nSPS) is 11.5. The van der Waals surface area contributed by atoms with E-state index in [9.17, 15) is 0 Å². The van der Waals surface area contributed by atoms with Crippen LogP contribution < -0.4 is 50.5 Å². The van der Waals surface area contributed by atoms with Crippen LogP contribution in [0.2, 0.25) is 0 Å². The van der Waals surface area contributed by atoms with E-state index in [2.05, 4.69) is 24.9 Å². The monoisotopic (exact) mass is 571 g/mol. The number of nitrogen functional groups attached to an aromatic ring is 1. The summed E-state index contributed by atoms with van der Waals surface area (Å²) in [6, 6.07) is 7.83. The number of halogens is 1. The van der Waals surface area contributed by atoms with Gasteiger partial charge in [0, 0.05) is 36.3 Å². The molecule has 0 saturated heterocycles. The van der Waals surface area contributed by atoms with Crippen LogP contribution in [0, 0.1) is 17.7 Å². The lowest BCUT2D eigenvalue weighted by Gasteiger charge is -2.24. The largest absolute Gasteiger partial charge is 1.00 e. The number of aryl methyl sites for hydroxylation is 1. The van der Waals surface area contributed by atoms with Crippen molar-refractivity contribution in [3.8, 4) is 0 Å². The molecular formula is C26H42ClN13. The molecule has 0 amide bonds. The number of hydrogen-bond donors (Lipinski definition) is 7. The lowest BCUT2D eigenvalue weighted by atomic mass is 10.0. The molecule has 0 saturated carbocycles. The molecule has 0 aliphatic rings. The van der Waals surface area contributed by atoms with E-state index in [-0.39, 0.29) is 30.3 Å². The SMILES string of the molecule is C/C(=N\C(=N)N)c1cc(/C(C)=N/C(=N)N)cc(N(CCCCCCCN=C(N)N)c2cc(C)[n+](C)c(N)n2)c1.[Cl-]. The van der Waals surface area contributed by atoms with Crippen LogP contribution in [0.25, 0.3) is 0 Å². The molecule has 0 unspecified atom stereocenters. The number of unbranched alkanes of at least 4 members (excludes halogenated alkanes) is 4. The molecule has 0 aliphatic heterocycles. The van der Waals surface area contributed by atoms with Crippen molar-refractivity contribution in [3.05, 3.63) is 41.1 Å². The smallest absolute Gasteiger partial charge is 0.391 e. The van der Waals surface area contributed by atoms with E-state index in [0.717, 1.165) is 54.6 Å². The number of aromatic nitrogens is 2. The minimum absolute atomic E-state index is 0. The third-order valence-corrected chi connectivity index (χ3v) is 6.19. The zero-order chi connectivity index (χ0) is 29.1. The van der Waals surface area contributed by atoms with Crippen LogP contribution in [-0.4, -0.2) is 47.4 Å². The maximum absolute atomic E-state index is 7.60. The van der Waals surface area contributed by atoms with Crippen LogP contribution in [0.5, 0.6) is 0 Å². The molecule has 0 aliphatic carbocycles. The Bertz CT molecular complexity index is 1210. The third kappa shape index (κ3) is 10.5. The molecule has 0 fully saturated rings. The Kier molecular flexibility index (Phi) is 13.5. The van der Waals surface area contributed by atoms with Crippen molar-refractivity contribution in [1.29, 1.82) is 10.8 Å². The molecule has 2 rings (SSSR count). The molecule has 0 atom stereocenters. The fraction of sp³-hybridized carbons (Fsp3) is 0.423. The first-order chi connectivity index (χ1) is 18.4. The van der Waals surface area contributed by atoms with Gasteiger partial charge in [0.2, 0.25) is 17.7 Å². The number of nitrogens with zero attached hydrogens (tertiary/aromatic N) is 6. The van der Waals surface area contributed by atoms with E-state index in [1.54, 1.807) is 13.8 Å². The van der Waals surface area contributed by atoms with Crippen LogP contribution >= 0.6 is 0 Å². The number of nitrogens with one attached hydrogen (secondary N) is 2. The van der Waals surface area contributed by atoms with Crippen LogP contribution in [0.1, 0.15) is 62.8 Å². The number of aliphatic imine (C=N–C) groups is 3. The Morgan fingerprint density at radius 2 is 1.40 bits per heavy atom. The van der Waals surface area contributed by atoms with Gasteiger partial charge in [-0.1, -0.05) is 24.2 Å². The van der Waals surface area contributed by atoms with Gasteiger partial charge in [-0.2, -0.15) is 0 Å². The second kappa shape index (κ2) is 16.0. The summed E-state index contributed by atoms with van der Waals surface area (Å²) >= 11 is 0. The van der Waals surface area contributed by atoms with Crippen LogP contribution in [0.3, 0.4) is 0 Å². The predicted octanol–water partition coefficient (Wildman–Crippen LogP) is -1.43. The lowest BCUT2D eigenvalue weighted by Crippen LogP contribution is -3.00. The Hall–Kier alpha value is -4.26. The first kappa shape index (κ1) is 33.8. The molecule has 0 bridgehead atoms. The fourth-order valence-electron chi connectivity index (χ4n) is 4.00. The molecule has 0 radical (unpaired) electrons. The highest BCUT2D eigenvalue weighted by atomic mass is 35.5. The quantitative estimate of drug-likeness (QED) is 0.0692. The van der Waals surface area contributed by atoms with Gasteiger partial charge in [-0.25, -0.2) is 14.6 Å². The van der Waals surface area contributed by atoms with Crippen LogP contribution in [-0.2, 0) is 7.05 Å². The zero-order valence-corrected chi connectivity index (χ0v) is 24.5. The second-order valence-electron chi connectivity index (χ2n) is 9.33. The topological polar surface area (TPSA) is 235 Å². The summed E-state index contributed by atoms with van der Waals surface area (Å²) in [6.07, 6.45) is 4.93. The second-order valence-corrected chi connectivity index (χ2v) is 9.33. The van der Waals surface area contributed by atoms with Gasteiger partial charge in [0.1, 0.15) is 0 Å². The lowest BCUT2D eigenvalue weighted by molar-refractivity contribution is -0.665. The number of rotatable bonds is 12. The molecular weight excluding hydrogens is 530 g/mol. The molecule has 2 aromatic rings. The first-order valence-electron chi connectivity index (χ1n) is 12.8. The van der Waals surface area contributed by atoms with Gasteiger partial charge >= 0.3 is 5.95 Å². The first-order valence-corrected chi connectivity index (χ1v) is 12.8. The van der Waals surface area contributed by atoms with Crippen molar-refractivity contribution >= 4 is 46.8 Å². The zero-order valence-electron chi connectivity index (χ0n) is 23.7. The molecule has 12 N–H and O–H groups in total. The minimum atomic E-state index is -0.286. The van der Waals surface area contributed by atoms with Gasteiger partial charge in [-0.3, -0.25) is 21.5 Å². The van der Waals surface area contributed by atoms with Crippen molar-refractivity contribution in [2.75, 3.05) is 23.7 Å². The van der Waals surface area contributed by atoms with Crippen LogP contribution in [0.15, 0.2) is 39.2 Å². The molecule has 1 aromatic heterocycles. The van der Waals surface area contributed by atoms with Gasteiger partial charge in [0.25, 0.3) is 0 Å². The maximum Gasteiger partial charge on any atom is 0.391 e. The molecule has 1 aromatic carbocycles. The molecule has 14 heteroatoms.